The Bertz CT molecular complexity index is 3380. The minimum Gasteiger partial charge on any atom is -0.462 e. The van der Waals surface area contributed by atoms with E-state index in [0.717, 1.165) is 30.3 Å². The van der Waals surface area contributed by atoms with Gasteiger partial charge in [0.2, 0.25) is 0 Å². The topological polar surface area (TPSA) is 256 Å². The summed E-state index contributed by atoms with van der Waals surface area (Å²) >= 11 is 2.89. The molecule has 0 fully saturated rings. The number of nitro groups is 2. The van der Waals surface area contributed by atoms with Crippen LogP contribution in [0.4, 0.5) is 49.1 Å². The Balaban J connectivity index is 0.000000179. The van der Waals surface area contributed by atoms with Gasteiger partial charge in [-0.05, 0) is 101 Å². The number of hydrogen-bond donors (Lipinski definition) is 4. The lowest BCUT2D eigenvalue weighted by Gasteiger charge is -2.02. The monoisotopic (exact) mass is 1060 g/mol. The number of rotatable bonds is 9. The smallest absolute Gasteiger partial charge is 0.462 e. The maximum atomic E-state index is 13.9. The Hall–Kier alpha value is -8.81. The Morgan fingerprint density at radius 1 is 0.653 bits per heavy atom. The molecule has 4 aromatic heterocycles. The normalized spacial score (nSPS) is 10.3. The summed E-state index contributed by atoms with van der Waals surface area (Å²) < 4.78 is 94.5. The number of nitrogen functional groups attached to an aromatic ring is 1. The molecule has 5 aromatic carbocycles. The number of furan rings is 3. The molecular formula is C47H34BBrF6N6O11. The largest absolute Gasteiger partial charge is 0.526 e. The van der Waals surface area contributed by atoms with Gasteiger partial charge >= 0.3 is 7.12 Å². The summed E-state index contributed by atoms with van der Waals surface area (Å²) in [7, 11) is 1.72. The molecule has 5 N–H and O–H groups in total. The van der Waals surface area contributed by atoms with Gasteiger partial charge in [-0.1, -0.05) is 0 Å². The maximum absolute atomic E-state index is 13.9. The molecule has 0 saturated carbocycles. The predicted molar refractivity (Wildman–Crippen MR) is 255 cm³/mol. The first-order valence-electron chi connectivity index (χ1n) is 20.1. The maximum Gasteiger partial charge on any atom is 0.526 e. The van der Waals surface area contributed by atoms with Crippen molar-refractivity contribution in [3.05, 3.63) is 199 Å². The second-order valence-corrected chi connectivity index (χ2v) is 15.1. The molecule has 9 rings (SSSR count). The number of aromatic nitrogens is 2. The standard InChI is InChI=1S/C18H11F2N3O3.C11H6F2O2.C7H9N3O2.C6H3BrF2.C5H5BO4/c1-22-15-9-11(23(24)25)3-5-14(15)21-18(22)17-7-6-16(26-17)12-4-2-10(19)8-13(12)20;12-7-1-3-9(10(13)5-7)11-4-2-8(6-14)15-11;1-9-7-4-5(10(11)12)2-3-6(7)8;7-5-2-1-4(8)3-6(5)9;7-3-4-1-2-5(10-4)6(8)9/h2-9H,1H3;1-6H;2-4,9H,8H2,1H3;1-3H;1-3,8-9H. The lowest BCUT2D eigenvalue weighted by Crippen LogP contribution is -2.27. The summed E-state index contributed by atoms with van der Waals surface area (Å²) in [5.74, 6) is -2.48. The van der Waals surface area contributed by atoms with Gasteiger partial charge in [-0.2, -0.15) is 0 Å². The van der Waals surface area contributed by atoms with Crippen molar-refractivity contribution in [3.8, 4) is 34.2 Å². The van der Waals surface area contributed by atoms with Crippen LogP contribution in [-0.4, -0.2) is 56.2 Å². The van der Waals surface area contributed by atoms with Crippen LogP contribution >= 0.6 is 15.9 Å². The van der Waals surface area contributed by atoms with Gasteiger partial charge in [-0.3, -0.25) is 29.8 Å². The number of aldehydes is 2. The van der Waals surface area contributed by atoms with E-state index in [2.05, 4.69) is 30.6 Å². The number of benzene rings is 5. The molecule has 17 nitrogen and oxygen atoms in total. The third-order valence-corrected chi connectivity index (χ3v) is 10.1. The highest BCUT2D eigenvalue weighted by molar-refractivity contribution is 9.10. The van der Waals surface area contributed by atoms with Crippen molar-refractivity contribution in [2.45, 2.75) is 0 Å². The summed E-state index contributed by atoms with van der Waals surface area (Å²) in [5, 5.41) is 41.0. The van der Waals surface area contributed by atoms with E-state index in [1.165, 1.54) is 78.9 Å². The van der Waals surface area contributed by atoms with E-state index >= 15 is 0 Å². The zero-order valence-corrected chi connectivity index (χ0v) is 38.5. The molecule has 0 amide bonds. The quantitative estimate of drug-likeness (QED) is 0.0199. The Morgan fingerprint density at radius 3 is 1.64 bits per heavy atom. The fourth-order valence-corrected chi connectivity index (χ4v) is 6.22. The number of non-ortho nitro benzene ring substituents is 2. The van der Waals surface area contributed by atoms with Crippen LogP contribution in [0, 0.1) is 55.1 Å². The van der Waals surface area contributed by atoms with Crippen LogP contribution in [0.25, 0.3) is 45.3 Å². The van der Waals surface area contributed by atoms with Crippen molar-refractivity contribution < 1.29 is 69.1 Å². The predicted octanol–water partition coefficient (Wildman–Crippen LogP) is 10.4. The van der Waals surface area contributed by atoms with Crippen molar-refractivity contribution in [2.24, 2.45) is 7.05 Å². The molecule has 25 heteroatoms. The summed E-state index contributed by atoms with van der Waals surface area (Å²) in [4.78, 5) is 45.1. The van der Waals surface area contributed by atoms with Crippen molar-refractivity contribution >= 4 is 75.1 Å². The average molecular weight is 1060 g/mol. The van der Waals surface area contributed by atoms with Gasteiger partial charge in [0, 0.05) is 56.6 Å². The molecule has 0 saturated heterocycles. The first kappa shape index (κ1) is 54.1. The van der Waals surface area contributed by atoms with Crippen LogP contribution in [-0.2, 0) is 7.05 Å². The molecule has 0 unspecified atom stereocenters. The van der Waals surface area contributed by atoms with Crippen LogP contribution in [0.3, 0.4) is 0 Å². The number of aryl methyl sites for hydroxylation is 1. The summed E-state index contributed by atoms with van der Waals surface area (Å²) in [6.45, 7) is 0. The zero-order valence-electron chi connectivity index (χ0n) is 36.9. The van der Waals surface area contributed by atoms with Gasteiger partial charge in [-0.25, -0.2) is 31.3 Å². The first-order chi connectivity index (χ1) is 34.2. The van der Waals surface area contributed by atoms with Crippen molar-refractivity contribution in [2.75, 3.05) is 18.1 Å². The molecule has 370 valence electrons. The van der Waals surface area contributed by atoms with E-state index in [9.17, 15) is 56.2 Å². The molecule has 0 aliphatic carbocycles. The number of carbonyl (C=O) groups is 2. The summed E-state index contributed by atoms with van der Waals surface area (Å²) in [6, 6.07) is 27.1. The molecular weight excluding hydrogens is 1030 g/mol. The van der Waals surface area contributed by atoms with Gasteiger partial charge in [-0.15, -0.1) is 0 Å². The van der Waals surface area contributed by atoms with E-state index in [0.29, 0.717) is 46.6 Å². The number of nitrogens with zero attached hydrogens (tertiary/aromatic N) is 4. The van der Waals surface area contributed by atoms with Crippen LogP contribution in [0.5, 0.6) is 0 Å². The number of anilines is 2. The van der Waals surface area contributed by atoms with Gasteiger partial charge in [0.25, 0.3) is 11.4 Å². The van der Waals surface area contributed by atoms with Crippen LogP contribution in [0.15, 0.2) is 145 Å². The molecule has 0 bridgehead atoms. The fourth-order valence-electron chi connectivity index (χ4n) is 5.97. The van der Waals surface area contributed by atoms with Crippen molar-refractivity contribution in [1.82, 2.24) is 9.55 Å². The van der Waals surface area contributed by atoms with E-state index in [-0.39, 0.29) is 55.7 Å². The van der Waals surface area contributed by atoms with E-state index in [1.807, 2.05) is 0 Å². The van der Waals surface area contributed by atoms with Crippen LogP contribution in [0.1, 0.15) is 21.1 Å². The Labute approximate surface area is 410 Å². The molecule has 0 atom stereocenters. The summed E-state index contributed by atoms with van der Waals surface area (Å²) in [5.41, 5.74) is 7.96. The minimum atomic E-state index is -1.64. The Morgan fingerprint density at radius 2 is 1.15 bits per heavy atom. The molecule has 0 aliphatic heterocycles. The number of nitro benzene ring substituents is 2. The van der Waals surface area contributed by atoms with Crippen molar-refractivity contribution in [3.63, 3.8) is 0 Å². The highest BCUT2D eigenvalue weighted by Gasteiger charge is 2.19. The number of carbonyl (C=O) groups excluding carboxylic acids is 2. The number of nitrogens with one attached hydrogen (secondary N) is 1. The second kappa shape index (κ2) is 24.7. The number of hydrogen-bond acceptors (Lipinski definition) is 14. The molecule has 4 heterocycles. The van der Waals surface area contributed by atoms with E-state index in [4.69, 9.17) is 24.6 Å². The van der Waals surface area contributed by atoms with Gasteiger partial charge in [0.15, 0.2) is 35.7 Å². The molecule has 0 spiro atoms. The van der Waals surface area contributed by atoms with Gasteiger partial charge in [0.05, 0.1) is 47.9 Å². The lowest BCUT2D eigenvalue weighted by molar-refractivity contribution is -0.384. The van der Waals surface area contributed by atoms with E-state index in [1.54, 1.807) is 36.9 Å². The molecule has 72 heavy (non-hydrogen) atoms. The number of nitrogens with two attached hydrogens (primary N) is 1. The lowest BCUT2D eigenvalue weighted by atomic mass is 9.88. The highest BCUT2D eigenvalue weighted by atomic mass is 79.9. The average Bonchev–Trinajstić information content (AvgIpc) is 4.19. The zero-order chi connectivity index (χ0) is 52.8. The summed E-state index contributed by atoms with van der Waals surface area (Å²) in [6.07, 6.45) is 1.01. The van der Waals surface area contributed by atoms with Gasteiger partial charge < -0.3 is 38.9 Å². The fraction of sp³-hybridized carbons (Fsp3) is 0.0426. The molecule has 9 aromatic rings. The van der Waals surface area contributed by atoms with E-state index < -0.39 is 51.9 Å². The van der Waals surface area contributed by atoms with Gasteiger partial charge in [0.1, 0.15) is 52.1 Å². The minimum absolute atomic E-state index is 0.0258. The SMILES string of the molecule is CNc1cc([N+](=O)[O-])ccc1N.Cn1c(-c2ccc(-c3ccc(F)cc3F)o2)nc2ccc([N+](=O)[O-])cc21.Fc1ccc(Br)c(F)c1.O=Cc1ccc(-c2ccc(F)cc2F)o1.O=Cc1ccc(B(O)O)o1. The van der Waals surface area contributed by atoms with Crippen LogP contribution < -0.4 is 16.7 Å². The second-order valence-electron chi connectivity index (χ2n) is 14.2. The number of fused-ring (bicyclic) bond motifs is 1. The first-order valence-corrected chi connectivity index (χ1v) is 20.9. The molecule has 0 aliphatic rings. The number of imidazole rings is 1. The van der Waals surface area contributed by atoms with Crippen molar-refractivity contribution in [1.29, 1.82) is 0 Å². The highest BCUT2D eigenvalue weighted by Crippen LogP contribution is 2.32. The molecule has 0 radical (unpaired) electrons. The Kier molecular flexibility index (Phi) is 18.5. The third-order valence-electron chi connectivity index (χ3n) is 9.45. The third kappa shape index (κ3) is 14.1. The number of halogens is 7. The van der Waals surface area contributed by atoms with Crippen LogP contribution in [0.2, 0.25) is 0 Å².